The van der Waals surface area contributed by atoms with E-state index >= 15 is 0 Å². The Morgan fingerprint density at radius 3 is 2.57 bits per heavy atom. The van der Waals surface area contributed by atoms with Gasteiger partial charge in [0.25, 0.3) is 0 Å². The summed E-state index contributed by atoms with van der Waals surface area (Å²) in [6, 6.07) is -0.180. The Balaban J connectivity index is 1.85. The molecule has 1 atom stereocenters. The average Bonchev–Trinajstić information content (AvgIpc) is 3.14. The van der Waals surface area contributed by atoms with Crippen molar-refractivity contribution in [1.29, 1.82) is 0 Å². The number of nitrogens with zero attached hydrogens (tertiary/aromatic N) is 1. The Morgan fingerprint density at radius 2 is 2.05 bits per heavy atom. The van der Waals surface area contributed by atoms with E-state index in [9.17, 15) is 14.7 Å². The Hall–Kier alpha value is -1.30. The summed E-state index contributed by atoms with van der Waals surface area (Å²) in [7, 11) is 0. The SMILES string of the molecule is CCN(CC1CCCO1)C(=O)NCC1(C(=O)O)CCCC1. The topological polar surface area (TPSA) is 78.9 Å². The summed E-state index contributed by atoms with van der Waals surface area (Å²) in [5.74, 6) is -0.789. The highest BCUT2D eigenvalue weighted by molar-refractivity contribution is 5.78. The first-order valence-electron chi connectivity index (χ1n) is 7.95. The first-order valence-corrected chi connectivity index (χ1v) is 7.95. The molecule has 1 saturated heterocycles. The number of urea groups is 1. The third-order valence-electron chi connectivity index (χ3n) is 4.71. The van der Waals surface area contributed by atoms with E-state index in [0.29, 0.717) is 25.9 Å². The summed E-state index contributed by atoms with van der Waals surface area (Å²) >= 11 is 0. The molecule has 6 heteroatoms. The van der Waals surface area contributed by atoms with Gasteiger partial charge in [-0.2, -0.15) is 0 Å². The predicted octanol–water partition coefficient (Wildman–Crippen LogP) is 1.84. The summed E-state index contributed by atoms with van der Waals surface area (Å²) in [6.07, 6.45) is 5.32. The third-order valence-corrected chi connectivity index (χ3v) is 4.71. The molecule has 1 unspecified atom stereocenters. The van der Waals surface area contributed by atoms with Gasteiger partial charge in [0.05, 0.1) is 11.5 Å². The highest BCUT2D eigenvalue weighted by Crippen LogP contribution is 2.37. The second-order valence-corrected chi connectivity index (χ2v) is 6.12. The maximum Gasteiger partial charge on any atom is 0.317 e. The molecule has 0 aromatic carbocycles. The van der Waals surface area contributed by atoms with E-state index in [1.54, 1.807) is 4.90 Å². The van der Waals surface area contributed by atoms with Crippen LogP contribution in [0.2, 0.25) is 0 Å². The fourth-order valence-corrected chi connectivity index (χ4v) is 3.26. The van der Waals surface area contributed by atoms with Gasteiger partial charge in [-0.1, -0.05) is 12.8 Å². The maximum atomic E-state index is 12.2. The number of carboxylic acid groups (broad SMARTS) is 1. The van der Waals surface area contributed by atoms with Crippen molar-refractivity contribution in [2.24, 2.45) is 5.41 Å². The van der Waals surface area contributed by atoms with E-state index in [4.69, 9.17) is 4.74 Å². The van der Waals surface area contributed by atoms with E-state index in [1.165, 1.54) is 0 Å². The minimum Gasteiger partial charge on any atom is -0.481 e. The average molecular weight is 298 g/mol. The lowest BCUT2D eigenvalue weighted by Crippen LogP contribution is -2.48. The Kier molecular flexibility index (Phi) is 5.45. The monoisotopic (exact) mass is 298 g/mol. The van der Waals surface area contributed by atoms with Gasteiger partial charge in [-0.3, -0.25) is 4.79 Å². The van der Waals surface area contributed by atoms with Crippen molar-refractivity contribution < 1.29 is 19.4 Å². The Bertz CT molecular complexity index is 374. The van der Waals surface area contributed by atoms with E-state index < -0.39 is 11.4 Å². The van der Waals surface area contributed by atoms with Crippen LogP contribution in [0.15, 0.2) is 0 Å². The smallest absolute Gasteiger partial charge is 0.317 e. The molecule has 120 valence electrons. The lowest BCUT2D eigenvalue weighted by molar-refractivity contribution is -0.148. The van der Waals surface area contributed by atoms with E-state index in [-0.39, 0.29) is 18.7 Å². The molecule has 1 aliphatic carbocycles. The molecule has 0 bridgehead atoms. The van der Waals surface area contributed by atoms with Crippen LogP contribution in [0.5, 0.6) is 0 Å². The molecular weight excluding hydrogens is 272 g/mol. The van der Waals surface area contributed by atoms with Gasteiger partial charge >= 0.3 is 12.0 Å². The number of carbonyl (C=O) groups excluding carboxylic acids is 1. The molecule has 21 heavy (non-hydrogen) atoms. The van der Waals surface area contributed by atoms with E-state index in [2.05, 4.69) is 5.32 Å². The molecule has 2 fully saturated rings. The summed E-state index contributed by atoms with van der Waals surface area (Å²) in [4.78, 5) is 25.4. The molecule has 1 heterocycles. The summed E-state index contributed by atoms with van der Waals surface area (Å²) < 4.78 is 5.56. The van der Waals surface area contributed by atoms with Crippen molar-refractivity contribution in [2.45, 2.75) is 51.6 Å². The largest absolute Gasteiger partial charge is 0.481 e. The lowest BCUT2D eigenvalue weighted by Gasteiger charge is -2.28. The molecule has 0 spiro atoms. The number of hydrogen-bond donors (Lipinski definition) is 2. The molecule has 2 aliphatic rings. The van der Waals surface area contributed by atoms with Gasteiger partial charge in [0.15, 0.2) is 0 Å². The zero-order valence-electron chi connectivity index (χ0n) is 12.8. The fourth-order valence-electron chi connectivity index (χ4n) is 3.26. The van der Waals surface area contributed by atoms with Gasteiger partial charge < -0.3 is 20.1 Å². The van der Waals surface area contributed by atoms with Crippen molar-refractivity contribution in [3.63, 3.8) is 0 Å². The number of rotatable bonds is 6. The molecule has 2 amide bonds. The van der Waals surface area contributed by atoms with Gasteiger partial charge in [0.2, 0.25) is 0 Å². The highest BCUT2D eigenvalue weighted by atomic mass is 16.5. The number of nitrogens with one attached hydrogen (secondary N) is 1. The van der Waals surface area contributed by atoms with Crippen molar-refractivity contribution >= 4 is 12.0 Å². The molecule has 1 aliphatic heterocycles. The van der Waals surface area contributed by atoms with Crippen LogP contribution >= 0.6 is 0 Å². The van der Waals surface area contributed by atoms with Gasteiger partial charge in [-0.25, -0.2) is 4.79 Å². The minimum absolute atomic E-state index is 0.121. The van der Waals surface area contributed by atoms with Gasteiger partial charge in [-0.05, 0) is 32.6 Å². The van der Waals surface area contributed by atoms with Crippen molar-refractivity contribution in [3.05, 3.63) is 0 Å². The standard InChI is InChI=1S/C15H26N2O4/c1-2-17(10-12-6-5-9-21-12)14(20)16-11-15(13(18)19)7-3-4-8-15/h12H,2-11H2,1H3,(H,16,20)(H,18,19). The zero-order chi connectivity index (χ0) is 15.3. The Labute approximate surface area is 125 Å². The fraction of sp³-hybridized carbons (Fsp3) is 0.867. The number of hydrogen-bond acceptors (Lipinski definition) is 3. The molecule has 2 rings (SSSR count). The third kappa shape index (κ3) is 3.87. The van der Waals surface area contributed by atoms with Crippen LogP contribution in [-0.4, -0.2) is 54.4 Å². The quantitative estimate of drug-likeness (QED) is 0.784. The molecule has 0 aromatic heterocycles. The Morgan fingerprint density at radius 1 is 1.33 bits per heavy atom. The van der Waals surface area contributed by atoms with Gasteiger partial charge in [0, 0.05) is 26.2 Å². The van der Waals surface area contributed by atoms with Crippen LogP contribution in [0.4, 0.5) is 4.79 Å². The number of aliphatic carboxylic acids is 1. The first-order chi connectivity index (χ1) is 10.1. The highest BCUT2D eigenvalue weighted by Gasteiger charge is 2.41. The van der Waals surface area contributed by atoms with Crippen LogP contribution in [0.25, 0.3) is 0 Å². The minimum atomic E-state index is -0.789. The van der Waals surface area contributed by atoms with Gasteiger partial charge in [0.1, 0.15) is 0 Å². The second kappa shape index (κ2) is 7.11. The number of likely N-dealkylation sites (N-methyl/N-ethyl adjacent to an activating group) is 1. The normalized spacial score (nSPS) is 24.0. The number of ether oxygens (including phenoxy) is 1. The van der Waals surface area contributed by atoms with Crippen LogP contribution in [0.3, 0.4) is 0 Å². The summed E-state index contributed by atoms with van der Waals surface area (Å²) in [5, 5.41) is 12.2. The molecule has 0 radical (unpaired) electrons. The van der Waals surface area contributed by atoms with Crippen molar-refractivity contribution in [2.75, 3.05) is 26.2 Å². The molecule has 0 aromatic rings. The second-order valence-electron chi connectivity index (χ2n) is 6.12. The lowest BCUT2D eigenvalue weighted by atomic mass is 9.86. The van der Waals surface area contributed by atoms with Crippen LogP contribution in [0, 0.1) is 5.41 Å². The molecule has 1 saturated carbocycles. The van der Waals surface area contributed by atoms with E-state index in [0.717, 1.165) is 32.3 Å². The molecule has 2 N–H and O–H groups in total. The zero-order valence-corrected chi connectivity index (χ0v) is 12.8. The number of carboxylic acids is 1. The van der Waals surface area contributed by atoms with Crippen molar-refractivity contribution in [3.8, 4) is 0 Å². The predicted molar refractivity (Wildman–Crippen MR) is 78.2 cm³/mol. The van der Waals surface area contributed by atoms with Gasteiger partial charge in [-0.15, -0.1) is 0 Å². The number of amides is 2. The van der Waals surface area contributed by atoms with Crippen LogP contribution < -0.4 is 5.32 Å². The number of carbonyl (C=O) groups is 2. The van der Waals surface area contributed by atoms with Crippen LogP contribution in [0.1, 0.15) is 45.4 Å². The van der Waals surface area contributed by atoms with Crippen molar-refractivity contribution in [1.82, 2.24) is 10.2 Å². The summed E-state index contributed by atoms with van der Waals surface area (Å²) in [5.41, 5.74) is -0.765. The molecular formula is C15H26N2O4. The molecule has 6 nitrogen and oxygen atoms in total. The maximum absolute atomic E-state index is 12.2. The summed E-state index contributed by atoms with van der Waals surface area (Å²) in [6.45, 7) is 4.11. The van der Waals surface area contributed by atoms with E-state index in [1.807, 2.05) is 6.92 Å². The first kappa shape index (κ1) is 16.1. The van der Waals surface area contributed by atoms with Crippen LogP contribution in [-0.2, 0) is 9.53 Å².